The summed E-state index contributed by atoms with van der Waals surface area (Å²) in [6, 6.07) is 4.61. The van der Waals surface area contributed by atoms with Gasteiger partial charge in [-0.15, -0.1) is 0 Å². The molecule has 0 fully saturated rings. The van der Waals surface area contributed by atoms with Gasteiger partial charge in [-0.25, -0.2) is 4.39 Å². The van der Waals surface area contributed by atoms with Gasteiger partial charge in [0.05, 0.1) is 17.2 Å². The molecule has 2 atom stereocenters. The Morgan fingerprint density at radius 2 is 2.12 bits per heavy atom. The topological polar surface area (TPSA) is 29.5 Å². The molecule has 0 bridgehead atoms. The van der Waals surface area contributed by atoms with E-state index in [0.717, 1.165) is 12.0 Å². The molecule has 0 saturated heterocycles. The minimum absolute atomic E-state index is 0.108. The highest BCUT2D eigenvalue weighted by Crippen LogP contribution is 2.17. The smallest absolute Gasteiger partial charge is 0.142 e. The molecule has 0 aliphatic heterocycles. The summed E-state index contributed by atoms with van der Waals surface area (Å²) in [5.41, 5.74) is 0.754. The average molecular weight is 261 g/mol. The van der Waals surface area contributed by atoms with E-state index >= 15 is 0 Å². The fourth-order valence-corrected chi connectivity index (χ4v) is 1.70. The maximum absolute atomic E-state index is 13.2. The Bertz CT molecular complexity index is 357. The first-order valence-corrected chi connectivity index (χ1v) is 6.05. The zero-order valence-electron chi connectivity index (χ0n) is 10.1. The SMILES string of the molecule is COC(C)CCC(O)Cc1ccc(Cl)c(F)c1. The van der Waals surface area contributed by atoms with Gasteiger partial charge in [0, 0.05) is 7.11 Å². The number of methoxy groups -OCH3 is 1. The summed E-state index contributed by atoms with van der Waals surface area (Å²) in [4.78, 5) is 0. The minimum atomic E-state index is -0.479. The highest BCUT2D eigenvalue weighted by Gasteiger charge is 2.09. The lowest BCUT2D eigenvalue weighted by Gasteiger charge is -2.14. The molecule has 0 aliphatic carbocycles. The zero-order valence-corrected chi connectivity index (χ0v) is 10.9. The molecule has 0 aliphatic rings. The van der Waals surface area contributed by atoms with Crippen LogP contribution in [-0.2, 0) is 11.2 Å². The molecular formula is C13H18ClFO2. The third-order valence-electron chi connectivity index (χ3n) is 2.76. The average Bonchev–Trinajstić information content (AvgIpc) is 2.31. The van der Waals surface area contributed by atoms with Crippen LogP contribution in [0.15, 0.2) is 18.2 Å². The number of hydrogen-bond donors (Lipinski definition) is 1. The molecule has 2 unspecified atom stereocenters. The lowest BCUT2D eigenvalue weighted by atomic mass is 10.0. The van der Waals surface area contributed by atoms with E-state index in [2.05, 4.69) is 0 Å². The number of benzene rings is 1. The van der Waals surface area contributed by atoms with Gasteiger partial charge >= 0.3 is 0 Å². The molecule has 1 aromatic rings. The number of aliphatic hydroxyl groups is 1. The van der Waals surface area contributed by atoms with Gasteiger partial charge in [-0.3, -0.25) is 0 Å². The molecule has 0 amide bonds. The summed E-state index contributed by atoms with van der Waals surface area (Å²) >= 11 is 5.58. The van der Waals surface area contributed by atoms with Crippen LogP contribution in [0.25, 0.3) is 0 Å². The Balaban J connectivity index is 2.44. The standard InChI is InChI=1S/C13H18ClFO2/c1-9(17-2)3-5-11(16)7-10-4-6-12(14)13(15)8-10/h4,6,8-9,11,16H,3,5,7H2,1-2H3. The van der Waals surface area contributed by atoms with E-state index in [4.69, 9.17) is 16.3 Å². The van der Waals surface area contributed by atoms with E-state index < -0.39 is 11.9 Å². The number of aliphatic hydroxyl groups excluding tert-OH is 1. The van der Waals surface area contributed by atoms with Crippen LogP contribution >= 0.6 is 11.6 Å². The van der Waals surface area contributed by atoms with Gasteiger partial charge in [0.15, 0.2) is 0 Å². The maximum atomic E-state index is 13.2. The monoisotopic (exact) mass is 260 g/mol. The summed E-state index contributed by atoms with van der Waals surface area (Å²) in [5.74, 6) is -0.443. The molecule has 1 rings (SSSR count). The zero-order chi connectivity index (χ0) is 12.8. The van der Waals surface area contributed by atoms with Gasteiger partial charge in [0.1, 0.15) is 5.82 Å². The minimum Gasteiger partial charge on any atom is -0.393 e. The molecule has 17 heavy (non-hydrogen) atoms. The summed E-state index contributed by atoms with van der Waals surface area (Å²) in [6.07, 6.45) is 1.51. The van der Waals surface area contributed by atoms with Crippen molar-refractivity contribution in [3.8, 4) is 0 Å². The molecule has 0 radical (unpaired) electrons. The summed E-state index contributed by atoms with van der Waals surface area (Å²) in [7, 11) is 1.64. The molecule has 0 spiro atoms. The molecular weight excluding hydrogens is 243 g/mol. The summed E-state index contributed by atoms with van der Waals surface area (Å²) in [6.45, 7) is 1.95. The predicted molar refractivity (Wildman–Crippen MR) is 66.8 cm³/mol. The van der Waals surface area contributed by atoms with E-state index in [1.54, 1.807) is 13.2 Å². The van der Waals surface area contributed by atoms with Crippen LogP contribution in [0.2, 0.25) is 5.02 Å². The third-order valence-corrected chi connectivity index (χ3v) is 3.07. The fraction of sp³-hybridized carbons (Fsp3) is 0.538. The van der Waals surface area contributed by atoms with Crippen molar-refractivity contribution in [1.29, 1.82) is 0 Å². The second kappa shape index (κ2) is 6.94. The first-order chi connectivity index (χ1) is 8.02. The normalized spacial score (nSPS) is 14.6. The van der Waals surface area contributed by atoms with E-state index in [1.807, 2.05) is 6.92 Å². The number of rotatable bonds is 6. The number of hydrogen-bond acceptors (Lipinski definition) is 2. The van der Waals surface area contributed by atoms with Crippen molar-refractivity contribution in [3.63, 3.8) is 0 Å². The van der Waals surface area contributed by atoms with Gasteiger partial charge in [0.25, 0.3) is 0 Å². The molecule has 96 valence electrons. The molecule has 1 aromatic carbocycles. The van der Waals surface area contributed by atoms with Gasteiger partial charge in [0.2, 0.25) is 0 Å². The first kappa shape index (κ1) is 14.4. The van der Waals surface area contributed by atoms with Gasteiger partial charge in [-0.2, -0.15) is 0 Å². The fourth-order valence-electron chi connectivity index (χ4n) is 1.59. The lowest BCUT2D eigenvalue weighted by molar-refractivity contribution is 0.0851. The molecule has 0 saturated carbocycles. The number of ether oxygens (including phenoxy) is 1. The van der Waals surface area contributed by atoms with E-state index in [9.17, 15) is 9.50 Å². The lowest BCUT2D eigenvalue weighted by Crippen LogP contribution is -2.14. The second-order valence-electron chi connectivity index (χ2n) is 4.23. The van der Waals surface area contributed by atoms with Gasteiger partial charge < -0.3 is 9.84 Å². The van der Waals surface area contributed by atoms with Crippen molar-refractivity contribution >= 4 is 11.6 Å². The Labute approximate surface area is 106 Å². The predicted octanol–water partition coefficient (Wildman–Crippen LogP) is 3.20. The van der Waals surface area contributed by atoms with E-state index in [0.29, 0.717) is 12.8 Å². The van der Waals surface area contributed by atoms with Crippen molar-refractivity contribution in [1.82, 2.24) is 0 Å². The molecule has 4 heteroatoms. The van der Waals surface area contributed by atoms with Crippen LogP contribution in [0, 0.1) is 5.82 Å². The van der Waals surface area contributed by atoms with Gasteiger partial charge in [-0.1, -0.05) is 17.7 Å². The van der Waals surface area contributed by atoms with Gasteiger partial charge in [-0.05, 0) is 43.9 Å². The molecule has 0 aromatic heterocycles. The Hall–Kier alpha value is -0.640. The molecule has 2 nitrogen and oxygen atoms in total. The van der Waals surface area contributed by atoms with Crippen LogP contribution < -0.4 is 0 Å². The highest BCUT2D eigenvalue weighted by molar-refractivity contribution is 6.30. The Kier molecular flexibility index (Phi) is 5.89. The van der Waals surface area contributed by atoms with Crippen molar-refractivity contribution in [2.45, 2.75) is 38.4 Å². The summed E-state index contributed by atoms with van der Waals surface area (Å²) < 4.78 is 18.3. The molecule has 0 heterocycles. The maximum Gasteiger partial charge on any atom is 0.142 e. The summed E-state index contributed by atoms with van der Waals surface area (Å²) in [5, 5.41) is 9.90. The number of halogens is 2. The van der Waals surface area contributed by atoms with Crippen LogP contribution in [0.5, 0.6) is 0 Å². The van der Waals surface area contributed by atoms with Crippen LogP contribution in [-0.4, -0.2) is 24.4 Å². The second-order valence-corrected chi connectivity index (χ2v) is 4.64. The van der Waals surface area contributed by atoms with Crippen molar-refractivity contribution in [2.24, 2.45) is 0 Å². The highest BCUT2D eigenvalue weighted by atomic mass is 35.5. The van der Waals surface area contributed by atoms with Crippen molar-refractivity contribution < 1.29 is 14.2 Å². The quantitative estimate of drug-likeness (QED) is 0.851. The Morgan fingerprint density at radius 3 is 2.71 bits per heavy atom. The van der Waals surface area contributed by atoms with E-state index in [1.165, 1.54) is 12.1 Å². The van der Waals surface area contributed by atoms with Crippen molar-refractivity contribution in [2.75, 3.05) is 7.11 Å². The van der Waals surface area contributed by atoms with Crippen molar-refractivity contribution in [3.05, 3.63) is 34.6 Å². The third kappa shape index (κ3) is 5.02. The molecule has 1 N–H and O–H groups in total. The Morgan fingerprint density at radius 1 is 1.41 bits per heavy atom. The van der Waals surface area contributed by atoms with E-state index in [-0.39, 0.29) is 11.1 Å². The van der Waals surface area contributed by atoms with Crippen LogP contribution in [0.1, 0.15) is 25.3 Å². The van der Waals surface area contributed by atoms with Crippen LogP contribution in [0.4, 0.5) is 4.39 Å². The largest absolute Gasteiger partial charge is 0.393 e. The first-order valence-electron chi connectivity index (χ1n) is 5.67. The van der Waals surface area contributed by atoms with Crippen LogP contribution in [0.3, 0.4) is 0 Å².